The minimum Gasteiger partial charge on any atom is -0.487 e. The van der Waals surface area contributed by atoms with E-state index in [-0.39, 0.29) is 5.91 Å². The molecular formula is C23H19N3O2S. The van der Waals surface area contributed by atoms with Gasteiger partial charge in [-0.2, -0.15) is 0 Å². The number of thiazole rings is 1. The second kappa shape index (κ2) is 9.03. The topological polar surface area (TPSA) is 63.2 Å². The fourth-order valence-electron chi connectivity index (χ4n) is 2.73. The molecule has 0 aliphatic heterocycles. The average Bonchev–Trinajstić information content (AvgIpc) is 3.27. The summed E-state index contributed by atoms with van der Waals surface area (Å²) in [4.78, 5) is 16.7. The summed E-state index contributed by atoms with van der Waals surface area (Å²) >= 11 is 1.53. The molecule has 0 fully saturated rings. The molecule has 1 aromatic heterocycles. The molecule has 6 heteroatoms. The molecule has 4 aromatic rings. The number of rotatable bonds is 7. The number of aromatic nitrogens is 1. The molecule has 4 rings (SSSR count). The van der Waals surface area contributed by atoms with E-state index < -0.39 is 0 Å². The van der Waals surface area contributed by atoms with Crippen LogP contribution in [-0.2, 0) is 6.61 Å². The third-order valence-electron chi connectivity index (χ3n) is 4.17. The Bertz CT molecular complexity index is 1070. The number of anilines is 3. The summed E-state index contributed by atoms with van der Waals surface area (Å²) in [6.07, 6.45) is 0. The zero-order chi connectivity index (χ0) is 19.9. The molecule has 0 bridgehead atoms. The molecule has 144 valence electrons. The highest BCUT2D eigenvalue weighted by Crippen LogP contribution is 2.21. The zero-order valence-corrected chi connectivity index (χ0v) is 16.4. The van der Waals surface area contributed by atoms with E-state index in [1.165, 1.54) is 11.3 Å². The normalized spacial score (nSPS) is 10.3. The largest absolute Gasteiger partial charge is 0.487 e. The van der Waals surface area contributed by atoms with Crippen molar-refractivity contribution in [3.05, 3.63) is 101 Å². The van der Waals surface area contributed by atoms with E-state index in [4.69, 9.17) is 4.74 Å². The molecule has 0 atom stereocenters. The number of nitrogens with one attached hydrogen (secondary N) is 2. The number of ether oxygens (including phenoxy) is 1. The van der Waals surface area contributed by atoms with Crippen LogP contribution >= 0.6 is 11.3 Å². The minimum absolute atomic E-state index is 0.173. The summed E-state index contributed by atoms with van der Waals surface area (Å²) in [5.41, 5.74) is 5.84. The first-order valence-electron chi connectivity index (χ1n) is 9.10. The van der Waals surface area contributed by atoms with Gasteiger partial charge >= 0.3 is 0 Å². The molecule has 0 unspecified atom stereocenters. The first-order valence-corrected chi connectivity index (χ1v) is 10.0. The Morgan fingerprint density at radius 2 is 1.66 bits per heavy atom. The molecule has 0 radical (unpaired) electrons. The number of amides is 1. The van der Waals surface area contributed by atoms with Gasteiger partial charge in [0.15, 0.2) is 0 Å². The molecule has 1 heterocycles. The van der Waals surface area contributed by atoms with E-state index in [1.807, 2.05) is 60.0 Å². The Morgan fingerprint density at radius 3 is 2.41 bits per heavy atom. The predicted octanol–water partition coefficient (Wildman–Crippen LogP) is 5.72. The van der Waals surface area contributed by atoms with Crippen LogP contribution in [0.1, 0.15) is 16.1 Å². The first kappa shape index (κ1) is 18.7. The highest BCUT2D eigenvalue weighted by Gasteiger charge is 2.07. The predicted molar refractivity (Wildman–Crippen MR) is 117 cm³/mol. The Balaban J connectivity index is 1.37. The smallest absolute Gasteiger partial charge is 0.255 e. The molecule has 0 aliphatic carbocycles. The van der Waals surface area contributed by atoms with Crippen molar-refractivity contribution in [3.8, 4) is 5.75 Å². The number of benzene rings is 3. The number of carbonyl (C=O) groups excluding carboxylic acids is 1. The molecule has 0 saturated heterocycles. The van der Waals surface area contributed by atoms with Crippen LogP contribution in [0.2, 0.25) is 0 Å². The highest BCUT2D eigenvalue weighted by molar-refractivity contribution is 7.07. The van der Waals surface area contributed by atoms with Crippen LogP contribution in [0.15, 0.2) is 89.8 Å². The minimum atomic E-state index is -0.173. The van der Waals surface area contributed by atoms with Gasteiger partial charge in [-0.15, -0.1) is 11.3 Å². The standard InChI is InChI=1S/C23H19N3O2S/c27-23(17-9-11-22(12-10-17)28-14-21-15-29-16-24-21)26-20-8-4-7-19(13-20)25-18-5-2-1-3-6-18/h1-13,15-16,25H,14H2,(H,26,27). The Kier molecular flexibility index (Phi) is 5.83. The van der Waals surface area contributed by atoms with Gasteiger partial charge in [0.05, 0.1) is 11.2 Å². The lowest BCUT2D eigenvalue weighted by molar-refractivity contribution is 0.102. The van der Waals surface area contributed by atoms with Gasteiger partial charge in [-0.3, -0.25) is 4.79 Å². The zero-order valence-electron chi connectivity index (χ0n) is 15.5. The fraction of sp³-hybridized carbons (Fsp3) is 0.0435. The molecule has 1 amide bonds. The van der Waals surface area contributed by atoms with Crippen LogP contribution in [0.3, 0.4) is 0 Å². The first-order chi connectivity index (χ1) is 14.3. The van der Waals surface area contributed by atoms with Gasteiger partial charge in [0, 0.05) is 28.0 Å². The van der Waals surface area contributed by atoms with Crippen LogP contribution in [0.4, 0.5) is 17.1 Å². The molecular weight excluding hydrogens is 382 g/mol. The summed E-state index contributed by atoms with van der Waals surface area (Å²) in [5.74, 6) is 0.525. The van der Waals surface area contributed by atoms with Gasteiger partial charge < -0.3 is 15.4 Å². The van der Waals surface area contributed by atoms with E-state index in [2.05, 4.69) is 15.6 Å². The van der Waals surface area contributed by atoms with E-state index in [0.717, 1.165) is 22.8 Å². The highest BCUT2D eigenvalue weighted by atomic mass is 32.1. The quantitative estimate of drug-likeness (QED) is 0.416. The van der Waals surface area contributed by atoms with Gasteiger partial charge in [0.1, 0.15) is 12.4 Å². The third kappa shape index (κ3) is 5.21. The fourth-order valence-corrected chi connectivity index (χ4v) is 3.28. The maximum absolute atomic E-state index is 12.6. The van der Waals surface area contributed by atoms with Crippen molar-refractivity contribution in [1.29, 1.82) is 0 Å². The lowest BCUT2D eigenvalue weighted by Crippen LogP contribution is -2.11. The summed E-state index contributed by atoms with van der Waals surface area (Å²) in [6.45, 7) is 0.413. The molecule has 5 nitrogen and oxygen atoms in total. The van der Waals surface area contributed by atoms with Crippen molar-refractivity contribution < 1.29 is 9.53 Å². The summed E-state index contributed by atoms with van der Waals surface area (Å²) in [7, 11) is 0. The molecule has 0 spiro atoms. The Hall–Kier alpha value is -3.64. The van der Waals surface area contributed by atoms with Gasteiger partial charge in [0.2, 0.25) is 0 Å². The molecule has 0 saturated carbocycles. The Labute approximate surface area is 173 Å². The maximum atomic E-state index is 12.6. The lowest BCUT2D eigenvalue weighted by Gasteiger charge is -2.10. The van der Waals surface area contributed by atoms with Crippen LogP contribution in [-0.4, -0.2) is 10.9 Å². The molecule has 29 heavy (non-hydrogen) atoms. The summed E-state index contributed by atoms with van der Waals surface area (Å²) in [5, 5.41) is 8.20. The number of hydrogen-bond acceptors (Lipinski definition) is 5. The van der Waals surface area contributed by atoms with E-state index in [0.29, 0.717) is 17.9 Å². The second-order valence-electron chi connectivity index (χ2n) is 6.32. The van der Waals surface area contributed by atoms with Crippen LogP contribution in [0.25, 0.3) is 0 Å². The molecule has 2 N–H and O–H groups in total. The summed E-state index contributed by atoms with van der Waals surface area (Å²) < 4.78 is 5.68. The molecule has 0 aliphatic rings. The SMILES string of the molecule is O=C(Nc1cccc(Nc2ccccc2)c1)c1ccc(OCc2cscn2)cc1. The summed E-state index contributed by atoms with van der Waals surface area (Å²) in [6, 6.07) is 24.6. The second-order valence-corrected chi connectivity index (χ2v) is 7.04. The third-order valence-corrected chi connectivity index (χ3v) is 4.80. The number of para-hydroxylation sites is 1. The van der Waals surface area contributed by atoms with Crippen molar-refractivity contribution in [2.75, 3.05) is 10.6 Å². The maximum Gasteiger partial charge on any atom is 0.255 e. The van der Waals surface area contributed by atoms with Crippen LogP contribution in [0.5, 0.6) is 5.75 Å². The number of hydrogen-bond donors (Lipinski definition) is 2. The van der Waals surface area contributed by atoms with E-state index in [1.54, 1.807) is 29.8 Å². The van der Waals surface area contributed by atoms with Crippen molar-refractivity contribution in [2.24, 2.45) is 0 Å². The average molecular weight is 401 g/mol. The monoisotopic (exact) mass is 401 g/mol. The van der Waals surface area contributed by atoms with Crippen molar-refractivity contribution >= 4 is 34.3 Å². The van der Waals surface area contributed by atoms with E-state index in [9.17, 15) is 4.79 Å². The van der Waals surface area contributed by atoms with Crippen molar-refractivity contribution in [3.63, 3.8) is 0 Å². The van der Waals surface area contributed by atoms with Crippen LogP contribution in [0, 0.1) is 0 Å². The van der Waals surface area contributed by atoms with Gasteiger partial charge in [0.25, 0.3) is 5.91 Å². The number of nitrogens with zero attached hydrogens (tertiary/aromatic N) is 1. The Morgan fingerprint density at radius 1 is 0.897 bits per heavy atom. The lowest BCUT2D eigenvalue weighted by atomic mass is 10.2. The van der Waals surface area contributed by atoms with Crippen molar-refractivity contribution in [2.45, 2.75) is 6.61 Å². The van der Waals surface area contributed by atoms with Gasteiger partial charge in [-0.05, 0) is 54.6 Å². The van der Waals surface area contributed by atoms with Gasteiger partial charge in [-0.1, -0.05) is 24.3 Å². The van der Waals surface area contributed by atoms with Crippen molar-refractivity contribution in [1.82, 2.24) is 4.98 Å². The van der Waals surface area contributed by atoms with Crippen LogP contribution < -0.4 is 15.4 Å². The molecule has 3 aromatic carbocycles. The number of carbonyl (C=O) groups is 1. The van der Waals surface area contributed by atoms with Gasteiger partial charge in [-0.25, -0.2) is 4.98 Å². The van der Waals surface area contributed by atoms with E-state index >= 15 is 0 Å².